The van der Waals surface area contributed by atoms with E-state index in [1.165, 1.54) is 45.1 Å². The van der Waals surface area contributed by atoms with Gasteiger partial charge >= 0.3 is 0 Å². The third-order valence-corrected chi connectivity index (χ3v) is 5.87. The van der Waals surface area contributed by atoms with Gasteiger partial charge in [0.2, 0.25) is 5.89 Å². The monoisotopic (exact) mass is 326 g/mol. The second-order valence-electron chi connectivity index (χ2n) is 7.90. The van der Waals surface area contributed by atoms with Crippen molar-refractivity contribution in [2.45, 2.75) is 51.6 Å². The molecule has 0 spiro atoms. The number of nitrogens with zero attached hydrogens (tertiary/aromatic N) is 3. The van der Waals surface area contributed by atoms with Crippen molar-refractivity contribution in [2.24, 2.45) is 28.9 Å². The Balaban J connectivity index is 0.00000144. The van der Waals surface area contributed by atoms with E-state index in [1.54, 1.807) is 0 Å². The molecule has 4 fully saturated rings. The molecule has 4 aliphatic carbocycles. The van der Waals surface area contributed by atoms with Gasteiger partial charge in [0.25, 0.3) is 0 Å². The molecule has 5 rings (SSSR count). The molecule has 4 aliphatic rings. The Morgan fingerprint density at radius 1 is 1.18 bits per heavy atom. The van der Waals surface area contributed by atoms with Crippen molar-refractivity contribution in [1.82, 2.24) is 15.0 Å². The number of aromatic nitrogens is 2. The van der Waals surface area contributed by atoms with Crippen molar-refractivity contribution in [3.8, 4) is 0 Å². The van der Waals surface area contributed by atoms with Crippen molar-refractivity contribution < 1.29 is 4.52 Å². The van der Waals surface area contributed by atoms with E-state index >= 15 is 0 Å². The molecule has 0 atom stereocenters. The van der Waals surface area contributed by atoms with Crippen LogP contribution in [0.1, 0.15) is 50.2 Å². The third-order valence-electron chi connectivity index (χ3n) is 5.87. The van der Waals surface area contributed by atoms with Crippen molar-refractivity contribution in [3.63, 3.8) is 0 Å². The Bertz CT molecular complexity index is 483. The highest BCUT2D eigenvalue weighted by atomic mass is 35.5. The zero-order valence-corrected chi connectivity index (χ0v) is 14.1. The molecule has 5 nitrogen and oxygen atoms in total. The van der Waals surface area contributed by atoms with Crippen LogP contribution in [0.2, 0.25) is 0 Å². The normalized spacial score (nSPS) is 35.9. The molecule has 6 heteroatoms. The molecule has 0 unspecified atom stereocenters. The van der Waals surface area contributed by atoms with E-state index in [0.29, 0.717) is 17.9 Å². The minimum atomic E-state index is 0. The van der Waals surface area contributed by atoms with Crippen LogP contribution in [-0.2, 0) is 13.1 Å². The van der Waals surface area contributed by atoms with Crippen LogP contribution in [-0.4, -0.2) is 28.6 Å². The summed E-state index contributed by atoms with van der Waals surface area (Å²) < 4.78 is 5.10. The van der Waals surface area contributed by atoms with Gasteiger partial charge in [-0.2, -0.15) is 4.98 Å². The highest BCUT2D eigenvalue weighted by molar-refractivity contribution is 5.85. The molecular weight excluding hydrogens is 300 g/mol. The Morgan fingerprint density at radius 2 is 1.77 bits per heavy atom. The summed E-state index contributed by atoms with van der Waals surface area (Å²) in [4.78, 5) is 6.71. The van der Waals surface area contributed by atoms with Crippen LogP contribution in [0.3, 0.4) is 0 Å². The van der Waals surface area contributed by atoms with E-state index < -0.39 is 0 Å². The maximum Gasteiger partial charge on any atom is 0.240 e. The molecule has 22 heavy (non-hydrogen) atoms. The highest BCUT2D eigenvalue weighted by Gasteiger charge is 2.50. The fraction of sp³-hybridized carbons (Fsp3) is 0.875. The summed E-state index contributed by atoms with van der Waals surface area (Å²) in [7, 11) is 2.19. The summed E-state index contributed by atoms with van der Waals surface area (Å²) in [5, 5.41) is 4.01. The van der Waals surface area contributed by atoms with Gasteiger partial charge in [-0.15, -0.1) is 12.4 Å². The number of rotatable bonds is 5. The highest BCUT2D eigenvalue weighted by Crippen LogP contribution is 2.60. The van der Waals surface area contributed by atoms with Crippen LogP contribution in [0.4, 0.5) is 0 Å². The maximum absolute atomic E-state index is 5.52. The van der Waals surface area contributed by atoms with Gasteiger partial charge in [0.1, 0.15) is 0 Å². The van der Waals surface area contributed by atoms with Crippen LogP contribution in [0, 0.1) is 23.2 Å². The number of halogens is 1. The Morgan fingerprint density at radius 3 is 2.27 bits per heavy atom. The Kier molecular flexibility index (Phi) is 4.49. The molecule has 0 amide bonds. The van der Waals surface area contributed by atoms with E-state index in [-0.39, 0.29) is 12.4 Å². The number of hydrogen-bond acceptors (Lipinski definition) is 5. The van der Waals surface area contributed by atoms with E-state index in [2.05, 4.69) is 22.1 Å². The van der Waals surface area contributed by atoms with Gasteiger partial charge in [-0.3, -0.25) is 4.90 Å². The molecular formula is C16H27ClN4O. The number of nitrogens with two attached hydrogens (primary N) is 1. The molecule has 1 aromatic rings. The van der Waals surface area contributed by atoms with Gasteiger partial charge in [0.05, 0.1) is 13.1 Å². The largest absolute Gasteiger partial charge is 0.338 e. The molecule has 0 aromatic carbocycles. The summed E-state index contributed by atoms with van der Waals surface area (Å²) in [6.45, 7) is 2.28. The second kappa shape index (κ2) is 6.10. The maximum atomic E-state index is 5.52. The molecule has 0 radical (unpaired) electrons. The zero-order valence-electron chi connectivity index (χ0n) is 13.3. The minimum Gasteiger partial charge on any atom is -0.338 e. The Labute approximate surface area is 138 Å². The first-order valence-electron chi connectivity index (χ1n) is 8.34. The Hall–Kier alpha value is -0.650. The first-order valence-corrected chi connectivity index (χ1v) is 8.34. The zero-order chi connectivity index (χ0) is 14.4. The standard InChI is InChI=1S/C16H26N4O.ClH/c1-20(9-14-18-15(8-17)21-19-14)10-16-5-11-2-12(6-16)4-13(3-11)7-16;/h11-13H,2-10,17H2,1H3;1H. The van der Waals surface area contributed by atoms with Crippen LogP contribution in [0.5, 0.6) is 0 Å². The van der Waals surface area contributed by atoms with Gasteiger partial charge < -0.3 is 10.3 Å². The van der Waals surface area contributed by atoms with E-state index in [0.717, 1.165) is 30.1 Å². The third kappa shape index (κ3) is 3.03. The van der Waals surface area contributed by atoms with Crippen LogP contribution in [0.25, 0.3) is 0 Å². The van der Waals surface area contributed by atoms with Crippen molar-refractivity contribution in [3.05, 3.63) is 11.7 Å². The van der Waals surface area contributed by atoms with Gasteiger partial charge in [0.15, 0.2) is 5.82 Å². The van der Waals surface area contributed by atoms with Crippen LogP contribution >= 0.6 is 12.4 Å². The smallest absolute Gasteiger partial charge is 0.240 e. The average Bonchev–Trinajstić information content (AvgIpc) is 2.83. The van der Waals surface area contributed by atoms with Gasteiger partial charge in [-0.1, -0.05) is 5.16 Å². The average molecular weight is 327 g/mol. The molecule has 1 heterocycles. The summed E-state index contributed by atoms with van der Waals surface area (Å²) >= 11 is 0. The van der Waals surface area contributed by atoms with Gasteiger partial charge in [-0.05, 0) is 68.7 Å². The molecule has 124 valence electrons. The predicted octanol–water partition coefficient (Wildman–Crippen LogP) is 2.60. The fourth-order valence-corrected chi connectivity index (χ4v) is 5.79. The van der Waals surface area contributed by atoms with Crippen molar-refractivity contribution in [2.75, 3.05) is 13.6 Å². The fourth-order valence-electron chi connectivity index (χ4n) is 5.79. The number of hydrogen-bond donors (Lipinski definition) is 1. The lowest BCUT2D eigenvalue weighted by Gasteiger charge is -2.57. The lowest BCUT2D eigenvalue weighted by atomic mass is 9.49. The molecule has 4 bridgehead atoms. The molecule has 4 saturated carbocycles. The first kappa shape index (κ1) is 16.2. The summed E-state index contributed by atoms with van der Waals surface area (Å²) in [6.07, 6.45) is 8.87. The molecule has 0 aliphatic heterocycles. The van der Waals surface area contributed by atoms with Gasteiger partial charge in [0, 0.05) is 6.54 Å². The van der Waals surface area contributed by atoms with E-state index in [4.69, 9.17) is 10.3 Å². The summed E-state index contributed by atoms with van der Waals surface area (Å²) in [6, 6.07) is 0. The van der Waals surface area contributed by atoms with E-state index in [9.17, 15) is 0 Å². The first-order chi connectivity index (χ1) is 10.1. The lowest BCUT2D eigenvalue weighted by molar-refractivity contribution is -0.0672. The van der Waals surface area contributed by atoms with E-state index in [1.807, 2.05) is 0 Å². The SMILES string of the molecule is CN(Cc1noc(CN)n1)CC12CC3CC(CC(C3)C1)C2.Cl. The lowest BCUT2D eigenvalue weighted by Crippen LogP contribution is -2.50. The van der Waals surface area contributed by atoms with Gasteiger partial charge in [-0.25, -0.2) is 0 Å². The predicted molar refractivity (Wildman–Crippen MR) is 86.4 cm³/mol. The second-order valence-corrected chi connectivity index (χ2v) is 7.90. The molecule has 0 saturated heterocycles. The summed E-state index contributed by atoms with van der Waals surface area (Å²) in [5.74, 6) is 4.34. The van der Waals surface area contributed by atoms with Crippen LogP contribution in [0.15, 0.2) is 4.52 Å². The van der Waals surface area contributed by atoms with Crippen molar-refractivity contribution in [1.29, 1.82) is 0 Å². The minimum absolute atomic E-state index is 0. The van der Waals surface area contributed by atoms with Crippen LogP contribution < -0.4 is 5.73 Å². The molecule has 2 N–H and O–H groups in total. The summed E-state index contributed by atoms with van der Waals surface area (Å²) in [5.41, 5.74) is 6.09. The molecule has 1 aromatic heterocycles. The topological polar surface area (TPSA) is 68.2 Å². The van der Waals surface area contributed by atoms with Crippen molar-refractivity contribution >= 4 is 12.4 Å². The quantitative estimate of drug-likeness (QED) is 0.900.